The van der Waals surface area contributed by atoms with Gasteiger partial charge < -0.3 is 5.73 Å². The van der Waals surface area contributed by atoms with Gasteiger partial charge >= 0.3 is 0 Å². The summed E-state index contributed by atoms with van der Waals surface area (Å²) in [7, 11) is 0. The molecule has 1 unspecified atom stereocenters. The van der Waals surface area contributed by atoms with Crippen molar-refractivity contribution in [1.29, 1.82) is 0 Å². The summed E-state index contributed by atoms with van der Waals surface area (Å²) in [5.41, 5.74) is 3.16. The summed E-state index contributed by atoms with van der Waals surface area (Å²) >= 11 is 0. The molecule has 0 aliphatic heterocycles. The van der Waals surface area contributed by atoms with Gasteiger partial charge in [0.05, 0.1) is 11.6 Å². The van der Waals surface area contributed by atoms with Crippen LogP contribution in [0.2, 0.25) is 0 Å². The molecule has 2 aromatic carbocycles. The molecule has 0 aromatic heterocycles. The molecule has 1 atom stereocenters. The van der Waals surface area contributed by atoms with Gasteiger partial charge in [0.1, 0.15) is 11.6 Å². The van der Waals surface area contributed by atoms with E-state index in [1.165, 1.54) is 0 Å². The van der Waals surface area contributed by atoms with Gasteiger partial charge in [0.25, 0.3) is 0 Å². The topological polar surface area (TPSA) is 26.0 Å². The molecule has 2 N–H and O–H groups in total. The van der Waals surface area contributed by atoms with Crippen molar-refractivity contribution in [3.8, 4) is 0 Å². The van der Waals surface area contributed by atoms with Gasteiger partial charge in [-0.15, -0.1) is 0 Å². The van der Waals surface area contributed by atoms with Crippen molar-refractivity contribution in [3.63, 3.8) is 0 Å². The van der Waals surface area contributed by atoms with Crippen molar-refractivity contribution < 1.29 is 30.7 Å². The van der Waals surface area contributed by atoms with E-state index in [1.54, 1.807) is 0 Å². The van der Waals surface area contributed by atoms with Crippen LogP contribution in [0.15, 0.2) is 18.2 Å². The van der Waals surface area contributed by atoms with Crippen LogP contribution in [0, 0.1) is 40.7 Å². The predicted molar refractivity (Wildman–Crippen MR) is 58.6 cm³/mol. The molecule has 0 amide bonds. The number of rotatable bonds is 2. The number of hydrogen-bond acceptors (Lipinski definition) is 1. The molecule has 8 heteroatoms. The van der Waals surface area contributed by atoms with Gasteiger partial charge in [-0.05, 0) is 18.2 Å². The molecule has 0 saturated heterocycles. The van der Waals surface area contributed by atoms with E-state index in [9.17, 15) is 30.7 Å². The summed E-state index contributed by atoms with van der Waals surface area (Å²) in [6, 6.07) is -0.219. The predicted octanol–water partition coefficient (Wildman–Crippen LogP) is 3.71. The SMILES string of the molecule is NC(c1cc(F)ccc1F)c1c(F)c(F)c(F)c(F)c1F. The minimum Gasteiger partial charge on any atom is -0.320 e. The van der Waals surface area contributed by atoms with Crippen LogP contribution in [0.3, 0.4) is 0 Å². The highest BCUT2D eigenvalue weighted by molar-refractivity contribution is 5.35. The van der Waals surface area contributed by atoms with E-state index >= 15 is 0 Å². The van der Waals surface area contributed by atoms with Gasteiger partial charge in [0.15, 0.2) is 23.3 Å². The molecule has 0 radical (unpaired) electrons. The van der Waals surface area contributed by atoms with E-state index in [1.807, 2.05) is 0 Å². The maximum atomic E-state index is 13.6. The highest BCUT2D eigenvalue weighted by Gasteiger charge is 2.30. The Balaban J connectivity index is 2.69. The Morgan fingerprint density at radius 2 is 1.19 bits per heavy atom. The molecule has 0 aliphatic rings. The van der Waals surface area contributed by atoms with Gasteiger partial charge in [0, 0.05) is 5.56 Å². The van der Waals surface area contributed by atoms with Crippen LogP contribution in [0.4, 0.5) is 30.7 Å². The van der Waals surface area contributed by atoms with E-state index in [0.717, 1.165) is 0 Å². The lowest BCUT2D eigenvalue weighted by molar-refractivity contribution is 0.366. The van der Waals surface area contributed by atoms with Crippen molar-refractivity contribution in [2.45, 2.75) is 6.04 Å². The van der Waals surface area contributed by atoms with Gasteiger partial charge in [-0.1, -0.05) is 0 Å². The fourth-order valence-corrected chi connectivity index (χ4v) is 1.80. The molecule has 0 bridgehead atoms. The fraction of sp³-hybridized carbons (Fsp3) is 0.0769. The standard InChI is InChI=1S/C13H6F7N/c14-4-1-2-6(15)5(3-4)13(21)7-8(16)10(18)12(20)11(19)9(7)17/h1-3,13H,21H2. The van der Waals surface area contributed by atoms with Gasteiger partial charge in [-0.25, -0.2) is 30.7 Å². The van der Waals surface area contributed by atoms with Crippen LogP contribution in [0.5, 0.6) is 0 Å². The summed E-state index contributed by atoms with van der Waals surface area (Å²) in [4.78, 5) is 0. The first-order chi connectivity index (χ1) is 9.75. The van der Waals surface area contributed by atoms with E-state index in [-0.39, 0.29) is 0 Å². The second-order valence-electron chi connectivity index (χ2n) is 4.13. The molecule has 0 spiro atoms. The Labute approximate surface area is 113 Å². The molecular formula is C13H6F7N. The summed E-state index contributed by atoms with van der Waals surface area (Å²) in [5.74, 6) is -13.3. The maximum Gasteiger partial charge on any atom is 0.200 e. The van der Waals surface area contributed by atoms with Crippen molar-refractivity contribution in [2.24, 2.45) is 5.73 Å². The Morgan fingerprint density at radius 3 is 1.71 bits per heavy atom. The zero-order valence-electron chi connectivity index (χ0n) is 10.0. The number of nitrogens with two attached hydrogens (primary N) is 1. The molecule has 0 heterocycles. The first-order valence-electron chi connectivity index (χ1n) is 5.47. The fourth-order valence-electron chi connectivity index (χ4n) is 1.80. The van der Waals surface area contributed by atoms with Crippen molar-refractivity contribution >= 4 is 0 Å². The van der Waals surface area contributed by atoms with Crippen molar-refractivity contribution in [2.75, 3.05) is 0 Å². The lowest BCUT2D eigenvalue weighted by Crippen LogP contribution is -2.20. The third kappa shape index (κ3) is 2.46. The molecule has 1 nitrogen and oxygen atoms in total. The zero-order valence-corrected chi connectivity index (χ0v) is 10.0. The maximum absolute atomic E-state index is 13.6. The van der Waals surface area contributed by atoms with E-state index < -0.39 is 57.9 Å². The molecule has 21 heavy (non-hydrogen) atoms. The molecule has 2 aromatic rings. The van der Waals surface area contributed by atoms with Crippen molar-refractivity contribution in [3.05, 3.63) is 70.0 Å². The minimum atomic E-state index is -2.36. The molecule has 0 aliphatic carbocycles. The van der Waals surface area contributed by atoms with E-state index in [0.29, 0.717) is 18.2 Å². The molecule has 112 valence electrons. The second kappa shape index (κ2) is 5.36. The summed E-state index contributed by atoms with van der Waals surface area (Å²) in [6.45, 7) is 0. The quantitative estimate of drug-likeness (QED) is 0.511. The Kier molecular flexibility index (Phi) is 3.91. The van der Waals surface area contributed by atoms with Crippen LogP contribution in [0.25, 0.3) is 0 Å². The van der Waals surface area contributed by atoms with Crippen LogP contribution in [-0.2, 0) is 0 Å². The van der Waals surface area contributed by atoms with Crippen LogP contribution in [-0.4, -0.2) is 0 Å². The molecule has 0 saturated carbocycles. The largest absolute Gasteiger partial charge is 0.320 e. The monoisotopic (exact) mass is 309 g/mol. The average molecular weight is 309 g/mol. The number of benzene rings is 2. The highest BCUT2D eigenvalue weighted by atomic mass is 19.2. The molecular weight excluding hydrogens is 303 g/mol. The van der Waals surface area contributed by atoms with Crippen LogP contribution >= 0.6 is 0 Å². The van der Waals surface area contributed by atoms with E-state index in [2.05, 4.69) is 0 Å². The zero-order chi connectivity index (χ0) is 15.9. The van der Waals surface area contributed by atoms with Gasteiger partial charge in [-0.2, -0.15) is 0 Å². The Hall–Kier alpha value is -2.09. The highest BCUT2D eigenvalue weighted by Crippen LogP contribution is 2.31. The first kappa shape index (κ1) is 15.3. The summed E-state index contributed by atoms with van der Waals surface area (Å²) in [6.07, 6.45) is 0. The second-order valence-corrected chi connectivity index (χ2v) is 4.13. The summed E-state index contributed by atoms with van der Waals surface area (Å²) < 4.78 is 92.7. The normalized spacial score (nSPS) is 12.6. The Morgan fingerprint density at radius 1 is 0.714 bits per heavy atom. The van der Waals surface area contributed by atoms with Crippen LogP contribution in [0.1, 0.15) is 17.2 Å². The lowest BCUT2D eigenvalue weighted by atomic mass is 9.97. The minimum absolute atomic E-state index is 0.512. The Bertz CT molecular complexity index is 685. The third-order valence-electron chi connectivity index (χ3n) is 2.85. The lowest BCUT2D eigenvalue weighted by Gasteiger charge is -2.16. The van der Waals surface area contributed by atoms with Crippen molar-refractivity contribution in [1.82, 2.24) is 0 Å². The number of halogens is 7. The average Bonchev–Trinajstić information content (AvgIpc) is 2.45. The van der Waals surface area contributed by atoms with Gasteiger partial charge in [-0.3, -0.25) is 0 Å². The number of hydrogen-bond donors (Lipinski definition) is 1. The van der Waals surface area contributed by atoms with E-state index in [4.69, 9.17) is 5.73 Å². The summed E-state index contributed by atoms with van der Waals surface area (Å²) in [5, 5.41) is 0. The smallest absolute Gasteiger partial charge is 0.200 e. The molecule has 0 fully saturated rings. The first-order valence-corrected chi connectivity index (χ1v) is 5.47. The van der Waals surface area contributed by atoms with Crippen LogP contribution < -0.4 is 5.73 Å². The molecule has 2 rings (SSSR count). The van der Waals surface area contributed by atoms with Gasteiger partial charge in [0.2, 0.25) is 5.82 Å². The third-order valence-corrected chi connectivity index (χ3v) is 2.85.